The van der Waals surface area contributed by atoms with Crippen LogP contribution in [0, 0.1) is 0 Å². The first-order valence-corrected chi connectivity index (χ1v) is 14.0. The smallest absolute Gasteiger partial charge is 0.251 e. The van der Waals surface area contributed by atoms with E-state index < -0.39 is 11.9 Å². The van der Waals surface area contributed by atoms with Crippen molar-refractivity contribution in [3.05, 3.63) is 107 Å². The van der Waals surface area contributed by atoms with Crippen molar-refractivity contribution in [3.63, 3.8) is 0 Å². The molecule has 3 atom stereocenters. The first kappa shape index (κ1) is 29.0. The summed E-state index contributed by atoms with van der Waals surface area (Å²) in [5.41, 5.74) is 8.51. The number of carbonyl (C=O) groups excluding carboxylic acids is 3. The van der Waals surface area contributed by atoms with Crippen molar-refractivity contribution in [2.75, 3.05) is 19.6 Å². The maximum atomic E-state index is 13.1. The minimum absolute atomic E-state index is 0.228. The second kappa shape index (κ2) is 15.0. The van der Waals surface area contributed by atoms with Crippen molar-refractivity contribution in [2.24, 2.45) is 5.73 Å². The molecule has 1 aliphatic carbocycles. The van der Waals surface area contributed by atoms with Crippen LogP contribution in [0.15, 0.2) is 84.9 Å². The van der Waals surface area contributed by atoms with Crippen molar-refractivity contribution in [3.8, 4) is 0 Å². The Balaban J connectivity index is 1.30. The fourth-order valence-electron chi connectivity index (χ4n) is 4.76. The highest BCUT2D eigenvalue weighted by Crippen LogP contribution is 2.40. The van der Waals surface area contributed by atoms with Crippen LogP contribution in [0.4, 0.5) is 0 Å². The lowest BCUT2D eigenvalue weighted by atomic mass is 10.1. The van der Waals surface area contributed by atoms with Gasteiger partial charge in [-0.15, -0.1) is 0 Å². The Kier molecular flexibility index (Phi) is 10.8. The predicted molar refractivity (Wildman–Crippen MR) is 157 cm³/mol. The number of hydrogen-bond donors (Lipinski definition) is 5. The number of hydrogen-bond acceptors (Lipinski definition) is 5. The molecule has 1 aliphatic rings. The maximum Gasteiger partial charge on any atom is 0.251 e. The molecule has 1 fully saturated rings. The zero-order valence-corrected chi connectivity index (χ0v) is 22.8. The van der Waals surface area contributed by atoms with Crippen LogP contribution in [0.5, 0.6) is 0 Å². The molecule has 0 aliphatic heterocycles. The van der Waals surface area contributed by atoms with E-state index in [1.165, 1.54) is 11.6 Å². The Morgan fingerprint density at radius 3 is 2.23 bits per heavy atom. The van der Waals surface area contributed by atoms with Crippen LogP contribution >= 0.6 is 0 Å². The standard InChI is InChI=1S/C32H39N5O3/c33-17-19-35-30(38)25-14-9-15-26(20-25)31(39)37-28(32(40)36-22-23-10-3-1-4-11-23)16-7-8-18-34-29-21-27(29)24-12-5-2-6-13-24/h1-6,9-15,20,27-29,34H,7-8,16-19,21-22,33H2,(H,35,38)(H,36,40)(H,37,39)/t27?,28-,29?/m0/s1. The molecule has 3 aromatic carbocycles. The quantitative estimate of drug-likeness (QED) is 0.189. The molecule has 3 aromatic rings. The first-order valence-electron chi connectivity index (χ1n) is 14.0. The Hall–Kier alpha value is -4.01. The summed E-state index contributed by atoms with van der Waals surface area (Å²) in [4.78, 5) is 38.6. The molecular formula is C32H39N5O3. The van der Waals surface area contributed by atoms with E-state index in [2.05, 4.69) is 45.5 Å². The molecule has 210 valence electrons. The Bertz CT molecular complexity index is 1250. The number of nitrogens with one attached hydrogen (secondary N) is 4. The monoisotopic (exact) mass is 541 g/mol. The molecule has 1 saturated carbocycles. The largest absolute Gasteiger partial charge is 0.351 e. The van der Waals surface area contributed by atoms with Crippen LogP contribution in [0.1, 0.15) is 63.4 Å². The third-order valence-corrected chi connectivity index (χ3v) is 7.09. The first-order chi connectivity index (χ1) is 19.5. The van der Waals surface area contributed by atoms with Crippen LogP contribution in [0.2, 0.25) is 0 Å². The van der Waals surface area contributed by atoms with Crippen molar-refractivity contribution in [2.45, 2.75) is 50.2 Å². The average Bonchev–Trinajstić information content (AvgIpc) is 3.78. The molecule has 0 radical (unpaired) electrons. The Morgan fingerprint density at radius 2 is 1.50 bits per heavy atom. The SMILES string of the molecule is NCCNC(=O)c1cccc(C(=O)N[C@@H](CCCCNC2CC2c2ccccc2)C(=O)NCc2ccccc2)c1. The van der Waals surface area contributed by atoms with Gasteiger partial charge in [0.05, 0.1) is 0 Å². The van der Waals surface area contributed by atoms with Gasteiger partial charge in [0.15, 0.2) is 0 Å². The third kappa shape index (κ3) is 8.76. The summed E-state index contributed by atoms with van der Waals surface area (Å²) in [5.74, 6) is -0.344. The lowest BCUT2D eigenvalue weighted by Crippen LogP contribution is -2.46. The lowest BCUT2D eigenvalue weighted by Gasteiger charge is -2.19. The highest BCUT2D eigenvalue weighted by Gasteiger charge is 2.37. The molecule has 0 bridgehead atoms. The lowest BCUT2D eigenvalue weighted by molar-refractivity contribution is -0.123. The zero-order valence-electron chi connectivity index (χ0n) is 22.8. The van der Waals surface area contributed by atoms with Gasteiger partial charge in [-0.1, -0.05) is 66.7 Å². The molecule has 8 nitrogen and oxygen atoms in total. The van der Waals surface area contributed by atoms with Crippen LogP contribution in [-0.2, 0) is 11.3 Å². The van der Waals surface area contributed by atoms with E-state index in [-0.39, 0.29) is 11.8 Å². The number of carbonyl (C=O) groups is 3. The summed E-state index contributed by atoms with van der Waals surface area (Å²) in [6.07, 6.45) is 3.33. The molecule has 8 heteroatoms. The van der Waals surface area contributed by atoms with E-state index in [4.69, 9.17) is 5.73 Å². The molecule has 0 saturated heterocycles. The van der Waals surface area contributed by atoms with Crippen LogP contribution in [-0.4, -0.2) is 49.4 Å². The fourth-order valence-corrected chi connectivity index (χ4v) is 4.76. The van der Waals surface area contributed by atoms with Gasteiger partial charge in [0.1, 0.15) is 6.04 Å². The minimum Gasteiger partial charge on any atom is -0.351 e. The van der Waals surface area contributed by atoms with Gasteiger partial charge in [-0.25, -0.2) is 0 Å². The molecule has 0 spiro atoms. The summed E-state index contributed by atoms with van der Waals surface area (Å²) in [7, 11) is 0. The average molecular weight is 542 g/mol. The van der Waals surface area contributed by atoms with Crippen molar-refractivity contribution < 1.29 is 14.4 Å². The summed E-state index contributed by atoms with van der Waals surface area (Å²) >= 11 is 0. The number of nitrogens with two attached hydrogens (primary N) is 1. The summed E-state index contributed by atoms with van der Waals surface area (Å²) < 4.78 is 0. The van der Waals surface area contributed by atoms with Gasteiger partial charge in [0.2, 0.25) is 5.91 Å². The summed E-state index contributed by atoms with van der Waals surface area (Å²) in [5, 5.41) is 12.2. The van der Waals surface area contributed by atoms with Gasteiger partial charge in [-0.05, 0) is 61.6 Å². The number of amides is 3. The minimum atomic E-state index is -0.691. The molecule has 0 aromatic heterocycles. The molecule has 3 amide bonds. The summed E-state index contributed by atoms with van der Waals surface area (Å²) in [6.45, 7) is 1.92. The van der Waals surface area contributed by atoms with Crippen LogP contribution < -0.4 is 27.0 Å². The van der Waals surface area contributed by atoms with E-state index in [1.807, 2.05) is 36.4 Å². The second-order valence-corrected chi connectivity index (χ2v) is 10.2. The van der Waals surface area contributed by atoms with Crippen LogP contribution in [0.25, 0.3) is 0 Å². The van der Waals surface area contributed by atoms with E-state index in [9.17, 15) is 14.4 Å². The Morgan fingerprint density at radius 1 is 0.800 bits per heavy atom. The fraction of sp³-hybridized carbons (Fsp3) is 0.344. The number of unbranched alkanes of at least 4 members (excludes halogenated alkanes) is 1. The number of benzene rings is 3. The van der Waals surface area contributed by atoms with Gasteiger partial charge in [0, 0.05) is 42.7 Å². The number of rotatable bonds is 15. The van der Waals surface area contributed by atoms with E-state index >= 15 is 0 Å². The van der Waals surface area contributed by atoms with Crippen molar-refractivity contribution >= 4 is 17.7 Å². The van der Waals surface area contributed by atoms with Crippen molar-refractivity contribution in [1.82, 2.24) is 21.3 Å². The van der Waals surface area contributed by atoms with Gasteiger partial charge in [0.25, 0.3) is 11.8 Å². The van der Waals surface area contributed by atoms with Crippen LogP contribution in [0.3, 0.4) is 0 Å². The highest BCUT2D eigenvalue weighted by atomic mass is 16.2. The normalized spacial score (nSPS) is 16.5. The summed E-state index contributed by atoms with van der Waals surface area (Å²) in [6, 6.07) is 26.5. The maximum absolute atomic E-state index is 13.1. The van der Waals surface area contributed by atoms with Gasteiger partial charge in [-0.3, -0.25) is 14.4 Å². The molecule has 40 heavy (non-hydrogen) atoms. The second-order valence-electron chi connectivity index (χ2n) is 10.2. The zero-order chi connectivity index (χ0) is 28.2. The predicted octanol–water partition coefficient (Wildman–Crippen LogP) is 3.11. The Labute approximate surface area is 236 Å². The molecule has 0 heterocycles. The molecule has 2 unspecified atom stereocenters. The van der Waals surface area contributed by atoms with Gasteiger partial charge in [-0.2, -0.15) is 0 Å². The molecule has 6 N–H and O–H groups in total. The van der Waals surface area contributed by atoms with Gasteiger partial charge >= 0.3 is 0 Å². The van der Waals surface area contributed by atoms with E-state index in [0.29, 0.717) is 49.1 Å². The molecule has 4 rings (SSSR count). The highest BCUT2D eigenvalue weighted by molar-refractivity contribution is 6.01. The van der Waals surface area contributed by atoms with Crippen molar-refractivity contribution in [1.29, 1.82) is 0 Å². The third-order valence-electron chi connectivity index (χ3n) is 7.09. The van der Waals surface area contributed by atoms with E-state index in [1.54, 1.807) is 18.2 Å². The van der Waals surface area contributed by atoms with E-state index in [0.717, 1.165) is 31.4 Å². The molecular weight excluding hydrogens is 502 g/mol. The van der Waals surface area contributed by atoms with Gasteiger partial charge < -0.3 is 27.0 Å². The topological polar surface area (TPSA) is 125 Å².